The van der Waals surface area contributed by atoms with E-state index in [0.717, 1.165) is 12.8 Å². The van der Waals surface area contributed by atoms with E-state index in [9.17, 15) is 18.8 Å². The number of halogens is 1. The molecule has 1 aliphatic rings. The minimum Gasteiger partial charge on any atom is -0.490 e. The maximum absolute atomic E-state index is 13.6. The molecule has 1 fully saturated rings. The van der Waals surface area contributed by atoms with Crippen LogP contribution in [0.15, 0.2) is 46.1 Å². The summed E-state index contributed by atoms with van der Waals surface area (Å²) in [6.45, 7) is 1.29. The third-order valence-corrected chi connectivity index (χ3v) is 4.39. The molecule has 1 aliphatic heterocycles. The Morgan fingerprint density at radius 3 is 2.85 bits per heavy atom. The molecule has 1 saturated heterocycles. The molecule has 1 N–H and O–H groups in total. The minimum absolute atomic E-state index is 0.0969. The van der Waals surface area contributed by atoms with Crippen molar-refractivity contribution in [2.45, 2.75) is 19.4 Å². The number of likely N-dealkylation sites (tertiary alicyclic amines) is 1. The zero-order valence-corrected chi connectivity index (χ0v) is 14.2. The second kappa shape index (κ2) is 7.99. The van der Waals surface area contributed by atoms with Crippen LogP contribution in [0.5, 0.6) is 5.75 Å². The lowest BCUT2D eigenvalue weighted by molar-refractivity contribution is -0.134. The number of amides is 1. The third-order valence-electron chi connectivity index (χ3n) is 4.39. The number of aromatic amines is 1. The van der Waals surface area contributed by atoms with Gasteiger partial charge in [-0.1, -0.05) is 12.1 Å². The molecule has 1 amide bonds. The number of piperidine rings is 1. The smallest absolute Gasteiger partial charge is 0.328 e. The molecule has 2 heterocycles. The number of hydrogen-bond acceptors (Lipinski definition) is 4. The van der Waals surface area contributed by atoms with Crippen molar-refractivity contribution >= 4 is 5.91 Å². The Bertz CT molecular complexity index is 892. The number of para-hydroxylation sites is 1. The van der Waals surface area contributed by atoms with Gasteiger partial charge in [-0.25, -0.2) is 9.18 Å². The number of H-pyrrole nitrogens is 1. The van der Waals surface area contributed by atoms with E-state index >= 15 is 0 Å². The van der Waals surface area contributed by atoms with Gasteiger partial charge >= 0.3 is 5.69 Å². The number of ether oxygens (including phenoxy) is 1. The first kappa shape index (κ1) is 17.9. The number of hydrogen-bond donors (Lipinski definition) is 1. The summed E-state index contributed by atoms with van der Waals surface area (Å²) in [6, 6.07) is 7.42. The van der Waals surface area contributed by atoms with Gasteiger partial charge in [0.05, 0.1) is 6.61 Å². The van der Waals surface area contributed by atoms with Gasteiger partial charge in [-0.2, -0.15) is 0 Å². The van der Waals surface area contributed by atoms with Crippen LogP contribution in [-0.2, 0) is 11.3 Å². The zero-order chi connectivity index (χ0) is 18.5. The molecule has 26 heavy (non-hydrogen) atoms. The van der Waals surface area contributed by atoms with Crippen LogP contribution in [0, 0.1) is 11.7 Å². The van der Waals surface area contributed by atoms with Gasteiger partial charge in [0, 0.05) is 31.3 Å². The highest BCUT2D eigenvalue weighted by molar-refractivity contribution is 5.76. The lowest BCUT2D eigenvalue weighted by Crippen LogP contribution is -2.44. The van der Waals surface area contributed by atoms with Crippen molar-refractivity contribution < 1.29 is 13.9 Å². The SMILES string of the molecule is O=C(Cn1ccc(=O)[nH]c1=O)N1CCC[C@@H](COc2ccccc2F)C1. The van der Waals surface area contributed by atoms with E-state index in [2.05, 4.69) is 4.98 Å². The Hall–Kier alpha value is -2.90. The summed E-state index contributed by atoms with van der Waals surface area (Å²) in [6.07, 6.45) is 3.01. The average Bonchev–Trinajstić information content (AvgIpc) is 2.63. The number of carbonyl (C=O) groups is 1. The fraction of sp³-hybridized carbons (Fsp3) is 0.389. The normalized spacial score (nSPS) is 17.1. The van der Waals surface area contributed by atoms with Gasteiger partial charge in [0.15, 0.2) is 11.6 Å². The van der Waals surface area contributed by atoms with Crippen molar-refractivity contribution in [2.24, 2.45) is 5.92 Å². The molecule has 1 aromatic heterocycles. The molecule has 1 aromatic carbocycles. The Labute approximate surface area is 149 Å². The number of benzene rings is 1. The fourth-order valence-corrected chi connectivity index (χ4v) is 3.01. The maximum atomic E-state index is 13.6. The Morgan fingerprint density at radius 2 is 2.08 bits per heavy atom. The number of nitrogens with zero attached hydrogens (tertiary/aromatic N) is 2. The number of rotatable bonds is 5. The van der Waals surface area contributed by atoms with Crippen molar-refractivity contribution in [3.8, 4) is 5.75 Å². The Morgan fingerprint density at radius 1 is 1.27 bits per heavy atom. The van der Waals surface area contributed by atoms with Gasteiger partial charge < -0.3 is 9.64 Å². The predicted octanol–water partition coefficient (Wildman–Crippen LogP) is 0.993. The summed E-state index contributed by atoms with van der Waals surface area (Å²) in [5.41, 5.74) is -1.11. The highest BCUT2D eigenvalue weighted by atomic mass is 19.1. The first-order chi connectivity index (χ1) is 12.5. The summed E-state index contributed by atoms with van der Waals surface area (Å²) in [4.78, 5) is 39.0. The highest BCUT2D eigenvalue weighted by Gasteiger charge is 2.24. The van der Waals surface area contributed by atoms with Crippen LogP contribution in [0.1, 0.15) is 12.8 Å². The molecular formula is C18H20FN3O4. The molecule has 0 aliphatic carbocycles. The Kier molecular flexibility index (Phi) is 5.50. The number of aromatic nitrogens is 2. The van der Waals surface area contributed by atoms with Crippen LogP contribution in [0.2, 0.25) is 0 Å². The lowest BCUT2D eigenvalue weighted by atomic mass is 9.99. The quantitative estimate of drug-likeness (QED) is 0.861. The maximum Gasteiger partial charge on any atom is 0.328 e. The highest BCUT2D eigenvalue weighted by Crippen LogP contribution is 2.21. The standard InChI is InChI=1S/C18H20FN3O4/c19-14-5-1-2-6-15(14)26-12-13-4-3-8-21(10-13)17(24)11-22-9-7-16(23)20-18(22)25/h1-2,5-7,9,13H,3-4,8,10-12H2,(H,20,23,25)/t13-/m1/s1. The Balaban J connectivity index is 1.57. The van der Waals surface area contributed by atoms with Gasteiger partial charge in [-0.3, -0.25) is 19.1 Å². The predicted molar refractivity (Wildman–Crippen MR) is 92.5 cm³/mol. The average molecular weight is 361 g/mol. The molecule has 0 saturated carbocycles. The van der Waals surface area contributed by atoms with Crippen LogP contribution in [-0.4, -0.2) is 40.1 Å². The van der Waals surface area contributed by atoms with Crippen LogP contribution in [0.3, 0.4) is 0 Å². The van der Waals surface area contributed by atoms with E-state index in [0.29, 0.717) is 19.7 Å². The third kappa shape index (κ3) is 4.38. The van der Waals surface area contributed by atoms with Crippen molar-refractivity contribution in [3.63, 3.8) is 0 Å². The second-order valence-corrected chi connectivity index (χ2v) is 6.33. The van der Waals surface area contributed by atoms with Gasteiger partial charge in [-0.15, -0.1) is 0 Å². The molecule has 1 atom stereocenters. The molecule has 3 rings (SSSR count). The van der Waals surface area contributed by atoms with E-state index < -0.39 is 17.1 Å². The molecule has 8 heteroatoms. The first-order valence-electron chi connectivity index (χ1n) is 8.48. The first-order valence-corrected chi connectivity index (χ1v) is 8.48. The summed E-state index contributed by atoms with van der Waals surface area (Å²) in [5.74, 6) is -0.307. The topological polar surface area (TPSA) is 84.4 Å². The van der Waals surface area contributed by atoms with Crippen LogP contribution in [0.25, 0.3) is 0 Å². The van der Waals surface area contributed by atoms with Crippen LogP contribution < -0.4 is 16.0 Å². The fourth-order valence-electron chi connectivity index (χ4n) is 3.01. The molecule has 138 valence electrons. The van der Waals surface area contributed by atoms with E-state index in [1.807, 2.05) is 0 Å². The van der Waals surface area contributed by atoms with Gasteiger partial charge in [0.2, 0.25) is 5.91 Å². The lowest BCUT2D eigenvalue weighted by Gasteiger charge is -2.32. The molecule has 7 nitrogen and oxygen atoms in total. The van der Waals surface area contributed by atoms with Gasteiger partial charge in [0.1, 0.15) is 6.54 Å². The summed E-state index contributed by atoms with van der Waals surface area (Å²) >= 11 is 0. The number of nitrogens with one attached hydrogen (secondary N) is 1. The van der Waals surface area contributed by atoms with Crippen molar-refractivity contribution in [1.82, 2.24) is 14.5 Å². The molecular weight excluding hydrogens is 341 g/mol. The second-order valence-electron chi connectivity index (χ2n) is 6.33. The van der Waals surface area contributed by atoms with E-state index in [-0.39, 0.29) is 24.1 Å². The van der Waals surface area contributed by atoms with Crippen molar-refractivity contribution in [1.29, 1.82) is 0 Å². The summed E-state index contributed by atoms with van der Waals surface area (Å²) in [7, 11) is 0. The van der Waals surface area contributed by atoms with E-state index in [4.69, 9.17) is 4.74 Å². The molecule has 2 aromatic rings. The van der Waals surface area contributed by atoms with Gasteiger partial charge in [0.25, 0.3) is 5.56 Å². The summed E-state index contributed by atoms with van der Waals surface area (Å²) < 4.78 is 20.3. The monoisotopic (exact) mass is 361 g/mol. The van der Waals surface area contributed by atoms with Crippen molar-refractivity contribution in [3.05, 3.63) is 63.2 Å². The molecule has 0 unspecified atom stereocenters. The molecule has 0 bridgehead atoms. The van der Waals surface area contributed by atoms with Gasteiger partial charge in [-0.05, 0) is 25.0 Å². The van der Waals surface area contributed by atoms with E-state index in [1.165, 1.54) is 22.9 Å². The summed E-state index contributed by atoms with van der Waals surface area (Å²) in [5, 5.41) is 0. The number of carbonyl (C=O) groups excluding carboxylic acids is 1. The van der Waals surface area contributed by atoms with Crippen LogP contribution >= 0.6 is 0 Å². The van der Waals surface area contributed by atoms with E-state index in [1.54, 1.807) is 23.1 Å². The van der Waals surface area contributed by atoms with Crippen molar-refractivity contribution in [2.75, 3.05) is 19.7 Å². The zero-order valence-electron chi connectivity index (χ0n) is 14.2. The largest absolute Gasteiger partial charge is 0.490 e. The minimum atomic E-state index is -0.609. The molecule has 0 radical (unpaired) electrons. The molecule has 0 spiro atoms. The van der Waals surface area contributed by atoms with Crippen LogP contribution in [0.4, 0.5) is 4.39 Å².